The number of carbonyl (C=O) groups is 1. The van der Waals surface area contributed by atoms with Crippen LogP contribution in [0.2, 0.25) is 0 Å². The average Bonchev–Trinajstić information content (AvgIpc) is 2.45. The lowest BCUT2D eigenvalue weighted by atomic mass is 9.98. The zero-order valence-electron chi connectivity index (χ0n) is 12.3. The van der Waals surface area contributed by atoms with Crippen LogP contribution in [0.25, 0.3) is 0 Å². The van der Waals surface area contributed by atoms with Gasteiger partial charge in [0, 0.05) is 18.6 Å². The van der Waals surface area contributed by atoms with Crippen LogP contribution in [-0.4, -0.2) is 43.7 Å². The van der Waals surface area contributed by atoms with E-state index in [4.69, 9.17) is 15.2 Å². The van der Waals surface area contributed by atoms with Crippen LogP contribution in [0.4, 0.5) is 0 Å². The number of nitrogens with two attached hydrogens (primary N) is 1. The van der Waals surface area contributed by atoms with E-state index in [9.17, 15) is 4.79 Å². The molecule has 1 amide bonds. The molecule has 0 spiro atoms. The van der Waals surface area contributed by atoms with Crippen molar-refractivity contribution in [3.8, 4) is 11.5 Å². The smallest absolute Gasteiger partial charge is 0.261 e. The van der Waals surface area contributed by atoms with Crippen LogP contribution in [0.15, 0.2) is 18.2 Å². The molecule has 1 aromatic carbocycles. The summed E-state index contributed by atoms with van der Waals surface area (Å²) in [5, 5.41) is 0. The number of hydrogen-bond acceptors (Lipinski definition) is 4. The van der Waals surface area contributed by atoms with Gasteiger partial charge in [-0.1, -0.05) is 6.07 Å². The Kier molecular flexibility index (Phi) is 4.49. The summed E-state index contributed by atoms with van der Waals surface area (Å²) < 4.78 is 10.6. The number of ether oxygens (including phenoxy) is 2. The van der Waals surface area contributed by atoms with E-state index in [0.29, 0.717) is 23.6 Å². The number of amides is 1. The first-order valence-corrected chi connectivity index (χ1v) is 6.86. The fourth-order valence-corrected chi connectivity index (χ4v) is 2.72. The minimum atomic E-state index is -0.0568. The molecule has 1 aliphatic heterocycles. The molecule has 2 N–H and O–H groups in total. The average molecular weight is 278 g/mol. The first-order chi connectivity index (χ1) is 9.58. The van der Waals surface area contributed by atoms with Crippen LogP contribution in [0, 0.1) is 0 Å². The Labute approximate surface area is 119 Å². The Hall–Kier alpha value is -1.75. The molecule has 0 bridgehead atoms. The summed E-state index contributed by atoms with van der Waals surface area (Å²) in [6.07, 6.45) is 1.65. The number of methoxy groups -OCH3 is 2. The summed E-state index contributed by atoms with van der Waals surface area (Å²) in [4.78, 5) is 14.7. The first kappa shape index (κ1) is 14.7. The standard InChI is InChI=1S/C15H22N2O3/c1-10-9-11(16)7-8-17(10)15(18)14-12(19-2)5-4-6-13(14)20-3/h4-6,10-11H,7-9,16H2,1-3H3. The second kappa shape index (κ2) is 6.13. The van der Waals surface area contributed by atoms with Crippen molar-refractivity contribution >= 4 is 5.91 Å². The minimum Gasteiger partial charge on any atom is -0.496 e. The summed E-state index contributed by atoms with van der Waals surface area (Å²) in [6.45, 7) is 2.70. The fraction of sp³-hybridized carbons (Fsp3) is 0.533. The molecule has 0 aliphatic carbocycles. The third-order valence-electron chi connectivity index (χ3n) is 3.82. The van der Waals surface area contributed by atoms with Gasteiger partial charge in [0.2, 0.25) is 0 Å². The zero-order chi connectivity index (χ0) is 14.7. The third-order valence-corrected chi connectivity index (χ3v) is 3.82. The molecule has 110 valence electrons. The van der Waals surface area contributed by atoms with E-state index in [0.717, 1.165) is 12.8 Å². The molecule has 5 heteroatoms. The van der Waals surface area contributed by atoms with Gasteiger partial charge < -0.3 is 20.1 Å². The van der Waals surface area contributed by atoms with Crippen LogP contribution >= 0.6 is 0 Å². The summed E-state index contributed by atoms with van der Waals surface area (Å²) in [5.74, 6) is 1.02. The number of piperidine rings is 1. The molecule has 2 atom stereocenters. The number of rotatable bonds is 3. The third kappa shape index (κ3) is 2.72. The van der Waals surface area contributed by atoms with Crippen molar-refractivity contribution in [2.45, 2.75) is 31.8 Å². The molecular formula is C15H22N2O3. The van der Waals surface area contributed by atoms with Crippen molar-refractivity contribution in [1.82, 2.24) is 4.90 Å². The van der Waals surface area contributed by atoms with E-state index in [2.05, 4.69) is 0 Å². The zero-order valence-corrected chi connectivity index (χ0v) is 12.3. The van der Waals surface area contributed by atoms with Gasteiger partial charge in [-0.05, 0) is 31.9 Å². The van der Waals surface area contributed by atoms with Crippen molar-refractivity contribution < 1.29 is 14.3 Å². The lowest BCUT2D eigenvalue weighted by Crippen LogP contribution is -2.48. The highest BCUT2D eigenvalue weighted by atomic mass is 16.5. The van der Waals surface area contributed by atoms with Crippen LogP contribution in [0.5, 0.6) is 11.5 Å². The highest BCUT2D eigenvalue weighted by Crippen LogP contribution is 2.31. The van der Waals surface area contributed by atoms with Gasteiger partial charge in [0.1, 0.15) is 17.1 Å². The van der Waals surface area contributed by atoms with Gasteiger partial charge in [-0.3, -0.25) is 4.79 Å². The molecule has 2 unspecified atom stereocenters. The highest BCUT2D eigenvalue weighted by Gasteiger charge is 2.31. The maximum absolute atomic E-state index is 12.8. The Bertz CT molecular complexity index is 468. The first-order valence-electron chi connectivity index (χ1n) is 6.86. The van der Waals surface area contributed by atoms with E-state index in [1.807, 2.05) is 17.9 Å². The van der Waals surface area contributed by atoms with E-state index >= 15 is 0 Å². The van der Waals surface area contributed by atoms with Gasteiger partial charge in [-0.15, -0.1) is 0 Å². The monoisotopic (exact) mass is 278 g/mol. The molecule has 1 aromatic rings. The van der Waals surface area contributed by atoms with E-state index in [1.165, 1.54) is 0 Å². The number of benzene rings is 1. The van der Waals surface area contributed by atoms with Crippen molar-refractivity contribution in [3.63, 3.8) is 0 Å². The molecule has 5 nitrogen and oxygen atoms in total. The second-order valence-corrected chi connectivity index (χ2v) is 5.17. The SMILES string of the molecule is COc1cccc(OC)c1C(=O)N1CCC(N)CC1C. The van der Waals surface area contributed by atoms with E-state index in [-0.39, 0.29) is 18.0 Å². The molecule has 1 heterocycles. The van der Waals surface area contributed by atoms with Crippen LogP contribution in [-0.2, 0) is 0 Å². The van der Waals surface area contributed by atoms with Gasteiger partial charge in [-0.25, -0.2) is 0 Å². The van der Waals surface area contributed by atoms with Gasteiger partial charge in [0.05, 0.1) is 14.2 Å². The summed E-state index contributed by atoms with van der Waals surface area (Å²) in [6, 6.07) is 5.66. The fourth-order valence-electron chi connectivity index (χ4n) is 2.72. The molecule has 1 aliphatic rings. The molecule has 20 heavy (non-hydrogen) atoms. The predicted octanol–water partition coefficient (Wildman–Crippen LogP) is 1.66. The number of likely N-dealkylation sites (tertiary alicyclic amines) is 1. The van der Waals surface area contributed by atoms with Gasteiger partial charge >= 0.3 is 0 Å². The van der Waals surface area contributed by atoms with Gasteiger partial charge in [-0.2, -0.15) is 0 Å². The number of hydrogen-bond donors (Lipinski definition) is 1. The van der Waals surface area contributed by atoms with Gasteiger partial charge in [0.25, 0.3) is 5.91 Å². The van der Waals surface area contributed by atoms with Crippen LogP contribution < -0.4 is 15.2 Å². The van der Waals surface area contributed by atoms with Crippen LogP contribution in [0.1, 0.15) is 30.1 Å². The molecule has 1 saturated heterocycles. The van der Waals surface area contributed by atoms with E-state index in [1.54, 1.807) is 26.4 Å². The van der Waals surface area contributed by atoms with E-state index < -0.39 is 0 Å². The highest BCUT2D eigenvalue weighted by molar-refractivity contribution is 6.00. The molecule has 0 saturated carbocycles. The Morgan fingerprint density at radius 2 is 1.90 bits per heavy atom. The van der Waals surface area contributed by atoms with Gasteiger partial charge in [0.15, 0.2) is 0 Å². The topological polar surface area (TPSA) is 64.8 Å². The van der Waals surface area contributed by atoms with Crippen molar-refractivity contribution in [1.29, 1.82) is 0 Å². The number of carbonyl (C=O) groups excluding carboxylic acids is 1. The Morgan fingerprint density at radius 1 is 1.30 bits per heavy atom. The summed E-state index contributed by atoms with van der Waals surface area (Å²) >= 11 is 0. The molecular weight excluding hydrogens is 256 g/mol. The molecule has 1 fully saturated rings. The number of nitrogens with zero attached hydrogens (tertiary/aromatic N) is 1. The minimum absolute atomic E-state index is 0.0568. The summed E-state index contributed by atoms with van der Waals surface area (Å²) in [5.41, 5.74) is 6.44. The van der Waals surface area contributed by atoms with Crippen LogP contribution in [0.3, 0.4) is 0 Å². The molecule has 0 radical (unpaired) electrons. The van der Waals surface area contributed by atoms with Crippen molar-refractivity contribution in [2.75, 3.05) is 20.8 Å². The summed E-state index contributed by atoms with van der Waals surface area (Å²) in [7, 11) is 3.11. The maximum Gasteiger partial charge on any atom is 0.261 e. The quantitative estimate of drug-likeness (QED) is 0.913. The lowest BCUT2D eigenvalue weighted by Gasteiger charge is -2.36. The lowest BCUT2D eigenvalue weighted by molar-refractivity contribution is 0.0612. The molecule has 2 rings (SSSR count). The Morgan fingerprint density at radius 3 is 2.40 bits per heavy atom. The van der Waals surface area contributed by atoms with Crippen molar-refractivity contribution in [3.05, 3.63) is 23.8 Å². The van der Waals surface area contributed by atoms with Crippen molar-refractivity contribution in [2.24, 2.45) is 5.73 Å². The predicted molar refractivity (Wildman–Crippen MR) is 77.3 cm³/mol. The molecule has 0 aromatic heterocycles. The normalized spacial score (nSPS) is 22.5. The Balaban J connectivity index is 2.33. The second-order valence-electron chi connectivity index (χ2n) is 5.17. The largest absolute Gasteiger partial charge is 0.496 e. The maximum atomic E-state index is 12.8.